The Kier molecular flexibility index (Phi) is 4.70. The first kappa shape index (κ1) is 17.4. The molecule has 8 heteroatoms. The molecule has 1 fully saturated rings. The molecule has 0 atom stereocenters. The number of nitrogens with zero attached hydrogens (tertiary/aromatic N) is 5. The van der Waals surface area contributed by atoms with Gasteiger partial charge in [-0.3, -0.25) is 4.79 Å². The topological polar surface area (TPSA) is 72.6 Å². The fourth-order valence-corrected chi connectivity index (χ4v) is 3.36. The van der Waals surface area contributed by atoms with Gasteiger partial charge in [-0.15, -0.1) is 15.3 Å². The summed E-state index contributed by atoms with van der Waals surface area (Å²) in [5.41, 5.74) is 0.911. The zero-order valence-corrected chi connectivity index (χ0v) is 15.0. The number of piperidine rings is 1. The van der Waals surface area contributed by atoms with Crippen LogP contribution in [0.3, 0.4) is 0 Å². The SMILES string of the molecule is CCOC(=O)C1CCN(c2ccc3nnc(-c4ccccc4F)n3n2)CC1. The molecule has 1 aliphatic rings. The predicted molar refractivity (Wildman–Crippen MR) is 97.7 cm³/mol. The van der Waals surface area contributed by atoms with Gasteiger partial charge in [0.25, 0.3) is 0 Å². The van der Waals surface area contributed by atoms with Crippen molar-refractivity contribution in [2.75, 3.05) is 24.6 Å². The highest BCUT2D eigenvalue weighted by atomic mass is 19.1. The first-order valence-corrected chi connectivity index (χ1v) is 9.06. The number of rotatable bonds is 4. The molecule has 27 heavy (non-hydrogen) atoms. The zero-order chi connectivity index (χ0) is 18.8. The van der Waals surface area contributed by atoms with E-state index >= 15 is 0 Å². The largest absolute Gasteiger partial charge is 0.466 e. The number of halogens is 1. The van der Waals surface area contributed by atoms with E-state index in [2.05, 4.69) is 20.2 Å². The van der Waals surface area contributed by atoms with Gasteiger partial charge in [-0.25, -0.2) is 4.39 Å². The molecule has 1 saturated heterocycles. The average Bonchev–Trinajstić information content (AvgIpc) is 3.12. The van der Waals surface area contributed by atoms with Gasteiger partial charge < -0.3 is 9.64 Å². The first-order chi connectivity index (χ1) is 13.2. The summed E-state index contributed by atoms with van der Waals surface area (Å²) in [7, 11) is 0. The lowest BCUT2D eigenvalue weighted by Crippen LogP contribution is -2.37. The van der Waals surface area contributed by atoms with Crippen molar-refractivity contribution >= 4 is 17.4 Å². The van der Waals surface area contributed by atoms with Crippen molar-refractivity contribution in [3.8, 4) is 11.4 Å². The highest BCUT2D eigenvalue weighted by Crippen LogP contribution is 2.25. The van der Waals surface area contributed by atoms with E-state index in [9.17, 15) is 9.18 Å². The van der Waals surface area contributed by atoms with E-state index < -0.39 is 0 Å². The van der Waals surface area contributed by atoms with E-state index in [1.54, 1.807) is 22.7 Å². The molecule has 140 valence electrons. The number of benzene rings is 1. The molecule has 1 aliphatic heterocycles. The second-order valence-corrected chi connectivity index (χ2v) is 6.48. The van der Waals surface area contributed by atoms with Gasteiger partial charge in [-0.05, 0) is 44.0 Å². The lowest BCUT2D eigenvalue weighted by atomic mass is 9.97. The van der Waals surface area contributed by atoms with Gasteiger partial charge in [0.15, 0.2) is 11.5 Å². The van der Waals surface area contributed by atoms with Crippen molar-refractivity contribution in [3.63, 3.8) is 0 Å². The van der Waals surface area contributed by atoms with Gasteiger partial charge in [0.05, 0.1) is 18.1 Å². The number of anilines is 1. The molecular weight excluding hydrogens is 349 g/mol. The molecule has 2 aromatic heterocycles. The molecule has 1 aromatic carbocycles. The summed E-state index contributed by atoms with van der Waals surface area (Å²) < 4.78 is 20.8. The summed E-state index contributed by atoms with van der Waals surface area (Å²) in [5.74, 6) is 0.567. The molecule has 0 amide bonds. The van der Waals surface area contributed by atoms with E-state index in [0.717, 1.165) is 18.7 Å². The molecule has 0 aliphatic carbocycles. The fourth-order valence-electron chi connectivity index (χ4n) is 3.36. The summed E-state index contributed by atoms with van der Waals surface area (Å²) in [6.45, 7) is 3.64. The van der Waals surface area contributed by atoms with Gasteiger partial charge in [-0.2, -0.15) is 4.52 Å². The van der Waals surface area contributed by atoms with E-state index in [1.165, 1.54) is 6.07 Å². The number of carbonyl (C=O) groups excluding carboxylic acids is 1. The summed E-state index contributed by atoms with van der Waals surface area (Å²) >= 11 is 0. The molecule has 7 nitrogen and oxygen atoms in total. The number of fused-ring (bicyclic) bond motifs is 1. The normalized spacial score (nSPS) is 15.3. The highest BCUT2D eigenvalue weighted by Gasteiger charge is 2.27. The van der Waals surface area contributed by atoms with Crippen LogP contribution in [-0.4, -0.2) is 45.5 Å². The predicted octanol–water partition coefficient (Wildman–Crippen LogP) is 2.71. The highest BCUT2D eigenvalue weighted by molar-refractivity contribution is 5.72. The van der Waals surface area contributed by atoms with Crippen LogP contribution < -0.4 is 4.90 Å². The lowest BCUT2D eigenvalue weighted by molar-refractivity contribution is -0.148. The van der Waals surface area contributed by atoms with Crippen molar-refractivity contribution in [2.24, 2.45) is 5.92 Å². The Balaban J connectivity index is 1.58. The van der Waals surface area contributed by atoms with Crippen LogP contribution >= 0.6 is 0 Å². The minimum atomic E-state index is -0.366. The van der Waals surface area contributed by atoms with E-state index in [0.29, 0.717) is 36.7 Å². The van der Waals surface area contributed by atoms with Crippen molar-refractivity contribution < 1.29 is 13.9 Å². The lowest BCUT2D eigenvalue weighted by Gasteiger charge is -2.31. The zero-order valence-electron chi connectivity index (χ0n) is 15.0. The van der Waals surface area contributed by atoms with Crippen LogP contribution in [0.15, 0.2) is 36.4 Å². The quantitative estimate of drug-likeness (QED) is 0.659. The number of hydrogen-bond acceptors (Lipinski definition) is 6. The Morgan fingerprint density at radius 2 is 1.96 bits per heavy atom. The fraction of sp³-hybridized carbons (Fsp3) is 0.368. The molecule has 0 saturated carbocycles. The molecule has 3 heterocycles. The summed E-state index contributed by atoms with van der Waals surface area (Å²) in [4.78, 5) is 14.0. The smallest absolute Gasteiger partial charge is 0.309 e. The van der Waals surface area contributed by atoms with Gasteiger partial charge in [0.2, 0.25) is 0 Å². The molecule has 0 unspecified atom stereocenters. The third-order valence-corrected chi connectivity index (χ3v) is 4.80. The second kappa shape index (κ2) is 7.30. The third-order valence-electron chi connectivity index (χ3n) is 4.80. The van der Waals surface area contributed by atoms with Crippen molar-refractivity contribution in [1.29, 1.82) is 0 Å². The van der Waals surface area contributed by atoms with Crippen LogP contribution in [-0.2, 0) is 9.53 Å². The second-order valence-electron chi connectivity index (χ2n) is 6.48. The minimum Gasteiger partial charge on any atom is -0.466 e. The maximum absolute atomic E-state index is 14.2. The van der Waals surface area contributed by atoms with E-state index in [1.807, 2.05) is 19.1 Å². The first-order valence-electron chi connectivity index (χ1n) is 9.06. The van der Waals surface area contributed by atoms with Gasteiger partial charge in [0.1, 0.15) is 11.6 Å². The standard InChI is InChI=1S/C19H20FN5O2/c1-2-27-19(26)13-9-11-24(12-10-13)17-8-7-16-21-22-18(25(16)23-17)14-5-3-4-6-15(14)20/h3-8,13H,2,9-12H2,1H3. The number of aromatic nitrogens is 4. The number of carbonyl (C=O) groups is 1. The van der Waals surface area contributed by atoms with Crippen LogP contribution in [0.2, 0.25) is 0 Å². The van der Waals surface area contributed by atoms with Gasteiger partial charge in [-0.1, -0.05) is 12.1 Å². The van der Waals surface area contributed by atoms with E-state index in [-0.39, 0.29) is 17.7 Å². The van der Waals surface area contributed by atoms with Gasteiger partial charge >= 0.3 is 5.97 Å². The summed E-state index contributed by atoms with van der Waals surface area (Å²) in [6, 6.07) is 10.1. The third kappa shape index (κ3) is 3.34. The van der Waals surface area contributed by atoms with Crippen LogP contribution in [0.25, 0.3) is 17.0 Å². The molecule has 0 bridgehead atoms. The van der Waals surface area contributed by atoms with Crippen molar-refractivity contribution in [2.45, 2.75) is 19.8 Å². The average molecular weight is 369 g/mol. The number of hydrogen-bond donors (Lipinski definition) is 0. The minimum absolute atomic E-state index is 0.0613. The summed E-state index contributed by atoms with van der Waals surface area (Å²) in [5, 5.41) is 12.8. The molecule has 3 aromatic rings. The molecule has 0 spiro atoms. The molecule has 0 radical (unpaired) electrons. The van der Waals surface area contributed by atoms with Crippen molar-refractivity contribution in [1.82, 2.24) is 19.8 Å². The van der Waals surface area contributed by atoms with E-state index in [4.69, 9.17) is 4.74 Å². The Morgan fingerprint density at radius 1 is 1.19 bits per heavy atom. The monoisotopic (exact) mass is 369 g/mol. The Labute approximate surface area is 155 Å². The molecule has 0 N–H and O–H groups in total. The maximum Gasteiger partial charge on any atom is 0.309 e. The van der Waals surface area contributed by atoms with Crippen LogP contribution in [0.4, 0.5) is 10.2 Å². The van der Waals surface area contributed by atoms with Crippen molar-refractivity contribution in [3.05, 3.63) is 42.2 Å². The number of esters is 1. The molecule has 4 rings (SSSR count). The van der Waals surface area contributed by atoms with Crippen LogP contribution in [0, 0.1) is 11.7 Å². The van der Waals surface area contributed by atoms with Crippen LogP contribution in [0.1, 0.15) is 19.8 Å². The summed E-state index contributed by atoms with van der Waals surface area (Å²) in [6.07, 6.45) is 1.45. The Bertz CT molecular complexity index is 966. The Hall–Kier alpha value is -3.03. The Morgan fingerprint density at radius 3 is 2.70 bits per heavy atom. The maximum atomic E-state index is 14.2. The number of ether oxygens (including phenoxy) is 1. The van der Waals surface area contributed by atoms with Crippen LogP contribution in [0.5, 0.6) is 0 Å². The molecular formula is C19H20FN5O2. The van der Waals surface area contributed by atoms with Gasteiger partial charge in [0, 0.05) is 13.1 Å².